The number of rotatable bonds is 2. The van der Waals surface area contributed by atoms with E-state index in [0.29, 0.717) is 11.3 Å². The average Bonchev–Trinajstić information content (AvgIpc) is 3.81. The molecule has 0 N–H and O–H groups in total. The molecule has 10 rings (SSSR count). The molecule has 0 atom stereocenters. The van der Waals surface area contributed by atoms with Crippen molar-refractivity contribution >= 4 is 49.4 Å². The summed E-state index contributed by atoms with van der Waals surface area (Å²) in [5.41, 5.74) is 10.5. The van der Waals surface area contributed by atoms with Crippen LogP contribution in [0.5, 0.6) is 0 Å². The Labute approximate surface area is 246 Å². The molecule has 4 nitrogen and oxygen atoms in total. The second-order valence-electron chi connectivity index (χ2n) is 11.3. The van der Waals surface area contributed by atoms with E-state index in [1.165, 1.54) is 10.8 Å². The molecule has 3 heterocycles. The molecule has 4 heteroatoms. The van der Waals surface area contributed by atoms with Gasteiger partial charge in [-0.3, -0.25) is 4.79 Å². The Hall–Kier alpha value is -5.87. The van der Waals surface area contributed by atoms with Crippen LogP contribution in [0.25, 0.3) is 77.4 Å². The molecule has 0 spiro atoms. The van der Waals surface area contributed by atoms with E-state index in [4.69, 9.17) is 4.42 Å². The lowest BCUT2D eigenvalue weighted by Gasteiger charge is -2.09. The molecule has 0 saturated carbocycles. The first kappa shape index (κ1) is 22.8. The second-order valence-corrected chi connectivity index (χ2v) is 11.3. The van der Waals surface area contributed by atoms with E-state index >= 15 is 0 Å². The Bertz CT molecular complexity index is 2580. The van der Waals surface area contributed by atoms with Crippen LogP contribution in [-0.2, 0) is 0 Å². The molecule has 0 aliphatic heterocycles. The Balaban J connectivity index is 1.33. The minimum Gasteiger partial charge on any atom is -0.461 e. The number of para-hydroxylation sites is 3. The van der Waals surface area contributed by atoms with Gasteiger partial charge in [0.1, 0.15) is 12.0 Å². The highest BCUT2D eigenvalue weighted by atomic mass is 16.3. The largest absolute Gasteiger partial charge is 0.461 e. The van der Waals surface area contributed by atoms with Gasteiger partial charge in [0.05, 0.1) is 33.3 Å². The first-order chi connectivity index (χ1) is 21.3. The van der Waals surface area contributed by atoms with Gasteiger partial charge in [-0.1, -0.05) is 91.0 Å². The average molecular weight is 551 g/mol. The quantitative estimate of drug-likeness (QED) is 0.215. The van der Waals surface area contributed by atoms with Crippen LogP contribution in [0.2, 0.25) is 0 Å². The summed E-state index contributed by atoms with van der Waals surface area (Å²) < 4.78 is 10.8. The van der Waals surface area contributed by atoms with Crippen molar-refractivity contribution in [2.45, 2.75) is 0 Å². The summed E-state index contributed by atoms with van der Waals surface area (Å²) in [6, 6.07) is 44.2. The van der Waals surface area contributed by atoms with Crippen molar-refractivity contribution in [1.82, 2.24) is 9.13 Å². The van der Waals surface area contributed by atoms with Crippen LogP contribution >= 0.6 is 0 Å². The number of carbonyl (C=O) groups is 1. The number of nitrogens with zero attached hydrogens (tertiary/aromatic N) is 2. The molecule has 4 aromatic carbocycles. The zero-order valence-electron chi connectivity index (χ0n) is 22.9. The van der Waals surface area contributed by atoms with Crippen molar-refractivity contribution in [3.63, 3.8) is 0 Å². The first-order valence-corrected chi connectivity index (χ1v) is 14.5. The molecule has 0 amide bonds. The van der Waals surface area contributed by atoms with Crippen molar-refractivity contribution in [3.05, 3.63) is 145 Å². The summed E-state index contributed by atoms with van der Waals surface area (Å²) in [6.07, 6.45) is 1.76. The van der Waals surface area contributed by atoms with Gasteiger partial charge in [-0.2, -0.15) is 0 Å². The summed E-state index contributed by atoms with van der Waals surface area (Å²) in [5.74, 6) is 0.666. The lowest BCUT2D eigenvalue weighted by molar-refractivity contribution is 0.104. The number of carbonyl (C=O) groups excluding carboxylic acids is 1. The predicted molar refractivity (Wildman–Crippen MR) is 173 cm³/mol. The van der Waals surface area contributed by atoms with Crippen LogP contribution in [-0.4, -0.2) is 14.9 Å². The minimum atomic E-state index is 0.0142. The van der Waals surface area contributed by atoms with Gasteiger partial charge in [-0.15, -0.1) is 0 Å². The highest BCUT2D eigenvalue weighted by Gasteiger charge is 2.38. The Kier molecular flexibility index (Phi) is 4.30. The van der Waals surface area contributed by atoms with Gasteiger partial charge in [0.15, 0.2) is 5.78 Å². The van der Waals surface area contributed by atoms with Gasteiger partial charge in [-0.05, 0) is 47.5 Å². The van der Waals surface area contributed by atoms with E-state index < -0.39 is 0 Å². The highest BCUT2D eigenvalue weighted by molar-refractivity contribution is 6.29. The molecule has 0 fully saturated rings. The topological polar surface area (TPSA) is 40.1 Å². The van der Waals surface area contributed by atoms with Gasteiger partial charge in [0.25, 0.3) is 0 Å². The molecule has 3 aromatic heterocycles. The van der Waals surface area contributed by atoms with Crippen molar-refractivity contribution < 1.29 is 9.21 Å². The lowest BCUT2D eigenvalue weighted by Crippen LogP contribution is -2.02. The lowest BCUT2D eigenvalue weighted by atomic mass is 10.0. The molecule has 3 aliphatic rings. The van der Waals surface area contributed by atoms with Crippen molar-refractivity contribution in [2.75, 3.05) is 0 Å². The highest BCUT2D eigenvalue weighted by Crippen LogP contribution is 2.49. The van der Waals surface area contributed by atoms with Gasteiger partial charge in [0, 0.05) is 38.4 Å². The van der Waals surface area contributed by atoms with Gasteiger partial charge < -0.3 is 13.6 Å². The van der Waals surface area contributed by atoms with Crippen molar-refractivity contribution in [3.8, 4) is 33.8 Å². The van der Waals surface area contributed by atoms with Gasteiger partial charge in [-0.25, -0.2) is 0 Å². The monoisotopic (exact) mass is 550 g/mol. The molecule has 0 unspecified atom stereocenters. The van der Waals surface area contributed by atoms with Crippen LogP contribution in [0.3, 0.4) is 0 Å². The normalized spacial score (nSPS) is 12.7. The third kappa shape index (κ3) is 2.82. The van der Waals surface area contributed by atoms with E-state index in [1.807, 2.05) is 24.3 Å². The number of hydrogen-bond acceptors (Lipinski definition) is 2. The molecular formula is C39H22N2O2. The fourth-order valence-electron chi connectivity index (χ4n) is 7.38. The number of hydrogen-bond donors (Lipinski definition) is 0. The second kappa shape index (κ2) is 8.11. The fourth-order valence-corrected chi connectivity index (χ4v) is 7.38. The summed E-state index contributed by atoms with van der Waals surface area (Å²) in [5, 5.41) is 4.69. The minimum absolute atomic E-state index is 0.0142. The third-order valence-corrected chi connectivity index (χ3v) is 9.11. The summed E-state index contributed by atoms with van der Waals surface area (Å²) >= 11 is 0. The van der Waals surface area contributed by atoms with Crippen LogP contribution in [0, 0.1) is 0 Å². The van der Waals surface area contributed by atoms with E-state index in [2.05, 4.69) is 112 Å². The van der Waals surface area contributed by atoms with E-state index in [0.717, 1.165) is 66.5 Å². The Morgan fingerprint density at radius 3 is 2.07 bits per heavy atom. The number of aromatic nitrogens is 2. The molecule has 43 heavy (non-hydrogen) atoms. The zero-order chi connectivity index (χ0) is 28.2. The number of ketones is 1. The van der Waals surface area contributed by atoms with E-state index in [1.54, 1.807) is 6.26 Å². The summed E-state index contributed by atoms with van der Waals surface area (Å²) in [4.78, 5) is 14.2. The predicted octanol–water partition coefficient (Wildman–Crippen LogP) is 9.79. The maximum Gasteiger partial charge on any atom is 0.200 e. The fraction of sp³-hybridized carbons (Fsp3) is 0. The maximum atomic E-state index is 14.2. The smallest absolute Gasteiger partial charge is 0.200 e. The molecule has 3 aliphatic carbocycles. The number of benzene rings is 4. The molecule has 0 saturated heterocycles. The number of furan rings is 1. The molecule has 0 radical (unpaired) electrons. The maximum absolute atomic E-state index is 14.2. The summed E-state index contributed by atoms with van der Waals surface area (Å²) in [6.45, 7) is 0. The molecule has 0 bridgehead atoms. The SMILES string of the molecule is O=C1c2c3cccccc-3cc2-c2occ(-n3c4ccccc4c4c3ccc3c5ccccc5n(-c5ccccc5)c34)c21. The van der Waals surface area contributed by atoms with Gasteiger partial charge in [0.2, 0.25) is 0 Å². The van der Waals surface area contributed by atoms with Crippen LogP contribution in [0.1, 0.15) is 15.9 Å². The Morgan fingerprint density at radius 1 is 0.535 bits per heavy atom. The van der Waals surface area contributed by atoms with Gasteiger partial charge >= 0.3 is 0 Å². The standard InChI is InChI=1S/C39H22N2O2/c42-38-34-25-14-6-1-3-11-23(25)21-29(34)39-36(38)33(22-43-39)41-31-18-10-8-16-28(31)35-32(41)20-19-27-26-15-7-9-17-30(26)40(37(27)35)24-12-4-2-5-13-24/h1-22H. The first-order valence-electron chi connectivity index (χ1n) is 14.5. The zero-order valence-corrected chi connectivity index (χ0v) is 22.9. The Morgan fingerprint density at radius 2 is 1.23 bits per heavy atom. The molecule has 200 valence electrons. The molecular weight excluding hydrogens is 528 g/mol. The van der Waals surface area contributed by atoms with Crippen LogP contribution in [0.4, 0.5) is 0 Å². The molecule has 7 aromatic rings. The van der Waals surface area contributed by atoms with Crippen LogP contribution < -0.4 is 0 Å². The van der Waals surface area contributed by atoms with E-state index in [9.17, 15) is 4.79 Å². The van der Waals surface area contributed by atoms with Crippen molar-refractivity contribution in [1.29, 1.82) is 0 Å². The number of fused-ring (bicyclic) bond motifs is 12. The van der Waals surface area contributed by atoms with Crippen molar-refractivity contribution in [2.24, 2.45) is 0 Å². The summed E-state index contributed by atoms with van der Waals surface area (Å²) in [7, 11) is 0. The van der Waals surface area contributed by atoms with Crippen LogP contribution in [0.15, 0.2) is 138 Å². The van der Waals surface area contributed by atoms with E-state index in [-0.39, 0.29) is 5.78 Å². The third-order valence-electron chi connectivity index (χ3n) is 9.11.